The van der Waals surface area contributed by atoms with E-state index in [1.165, 1.54) is 12.1 Å². The van der Waals surface area contributed by atoms with Crippen molar-refractivity contribution in [2.24, 2.45) is 0 Å². The first-order valence-corrected chi connectivity index (χ1v) is 8.62. The molecule has 21 heavy (non-hydrogen) atoms. The Morgan fingerprint density at radius 2 is 1.67 bits per heavy atom. The zero-order valence-corrected chi connectivity index (χ0v) is 13.5. The SMILES string of the molecule is CS(=O)(=O)Nc1ccc(C(=O)c2ccc(Br)c(N)c2)cc1. The number of benzene rings is 2. The lowest BCUT2D eigenvalue weighted by atomic mass is 10.0. The number of halogens is 1. The lowest BCUT2D eigenvalue weighted by Crippen LogP contribution is -2.09. The number of nitrogens with one attached hydrogen (secondary N) is 1. The van der Waals surface area contributed by atoms with Gasteiger partial charge in [-0.15, -0.1) is 0 Å². The molecule has 2 rings (SSSR count). The average molecular weight is 369 g/mol. The summed E-state index contributed by atoms with van der Waals surface area (Å²) < 4.78 is 25.3. The minimum absolute atomic E-state index is 0.180. The van der Waals surface area contributed by atoms with Gasteiger partial charge in [0.2, 0.25) is 10.0 Å². The molecular formula is C14H13BrN2O3S. The maximum Gasteiger partial charge on any atom is 0.229 e. The smallest absolute Gasteiger partial charge is 0.229 e. The molecule has 7 heteroatoms. The predicted molar refractivity (Wildman–Crippen MR) is 86.9 cm³/mol. The summed E-state index contributed by atoms with van der Waals surface area (Å²) in [5.74, 6) is -0.180. The van der Waals surface area contributed by atoms with E-state index >= 15 is 0 Å². The summed E-state index contributed by atoms with van der Waals surface area (Å²) in [7, 11) is -3.33. The second-order valence-corrected chi connectivity index (χ2v) is 7.12. The number of sulfonamides is 1. The van der Waals surface area contributed by atoms with Crippen LogP contribution in [-0.2, 0) is 10.0 Å². The molecule has 0 atom stereocenters. The Kier molecular flexibility index (Phi) is 4.34. The molecule has 2 aromatic rings. The molecule has 0 aliphatic heterocycles. The van der Waals surface area contributed by atoms with Crippen molar-refractivity contribution in [3.8, 4) is 0 Å². The first-order chi connectivity index (χ1) is 9.76. The van der Waals surface area contributed by atoms with Crippen molar-refractivity contribution in [3.05, 3.63) is 58.1 Å². The van der Waals surface area contributed by atoms with Crippen LogP contribution in [0.25, 0.3) is 0 Å². The normalized spacial score (nSPS) is 11.1. The third-order valence-electron chi connectivity index (χ3n) is 2.71. The van der Waals surface area contributed by atoms with Gasteiger partial charge in [-0.2, -0.15) is 0 Å². The number of hydrogen-bond donors (Lipinski definition) is 2. The van der Waals surface area contributed by atoms with Crippen LogP contribution in [0.1, 0.15) is 15.9 Å². The Morgan fingerprint density at radius 3 is 2.19 bits per heavy atom. The van der Waals surface area contributed by atoms with Crippen molar-refractivity contribution in [1.29, 1.82) is 0 Å². The number of ketones is 1. The van der Waals surface area contributed by atoms with Gasteiger partial charge in [0.05, 0.1) is 6.26 Å². The molecule has 0 heterocycles. The summed E-state index contributed by atoms with van der Waals surface area (Å²) in [6.07, 6.45) is 1.07. The number of nitrogen functional groups attached to an aromatic ring is 1. The molecule has 0 aliphatic carbocycles. The lowest BCUT2D eigenvalue weighted by molar-refractivity contribution is 0.103. The molecule has 3 N–H and O–H groups in total. The Bertz CT molecular complexity index is 786. The summed E-state index contributed by atoms with van der Waals surface area (Å²) in [6.45, 7) is 0. The van der Waals surface area contributed by atoms with Crippen LogP contribution >= 0.6 is 15.9 Å². The largest absolute Gasteiger partial charge is 0.398 e. The molecule has 0 aromatic heterocycles. The van der Waals surface area contributed by atoms with Gasteiger partial charge in [0.1, 0.15) is 0 Å². The lowest BCUT2D eigenvalue weighted by Gasteiger charge is -2.06. The van der Waals surface area contributed by atoms with Crippen LogP contribution in [0.4, 0.5) is 11.4 Å². The van der Waals surface area contributed by atoms with Crippen LogP contribution in [0.2, 0.25) is 0 Å². The van der Waals surface area contributed by atoms with E-state index < -0.39 is 10.0 Å². The minimum atomic E-state index is -3.33. The Hall–Kier alpha value is -1.86. The highest BCUT2D eigenvalue weighted by Crippen LogP contribution is 2.22. The highest BCUT2D eigenvalue weighted by molar-refractivity contribution is 9.10. The summed E-state index contributed by atoms with van der Waals surface area (Å²) in [6, 6.07) is 11.2. The zero-order chi connectivity index (χ0) is 15.6. The number of anilines is 2. The molecule has 5 nitrogen and oxygen atoms in total. The van der Waals surface area contributed by atoms with Crippen molar-refractivity contribution < 1.29 is 13.2 Å². The van der Waals surface area contributed by atoms with E-state index in [0.717, 1.165) is 10.7 Å². The molecule has 0 amide bonds. The predicted octanol–water partition coefficient (Wildman–Crippen LogP) is 2.63. The molecule has 0 aliphatic rings. The molecule has 0 saturated carbocycles. The van der Waals surface area contributed by atoms with Gasteiger partial charge in [-0.3, -0.25) is 9.52 Å². The molecule has 110 valence electrons. The number of carbonyl (C=O) groups is 1. The van der Waals surface area contributed by atoms with Crippen molar-refractivity contribution in [1.82, 2.24) is 0 Å². The average Bonchev–Trinajstić information content (AvgIpc) is 2.40. The van der Waals surface area contributed by atoms with Crippen molar-refractivity contribution in [3.63, 3.8) is 0 Å². The number of rotatable bonds is 4. The van der Waals surface area contributed by atoms with Crippen LogP contribution in [-0.4, -0.2) is 20.5 Å². The monoisotopic (exact) mass is 368 g/mol. The molecule has 0 unspecified atom stereocenters. The minimum Gasteiger partial charge on any atom is -0.398 e. The van der Waals surface area contributed by atoms with E-state index in [9.17, 15) is 13.2 Å². The third kappa shape index (κ3) is 4.05. The molecule has 2 aromatic carbocycles. The standard InChI is InChI=1S/C14H13BrN2O3S/c1-21(19,20)17-11-5-2-9(3-6-11)14(18)10-4-7-12(15)13(16)8-10/h2-8,17H,16H2,1H3. The Morgan fingerprint density at radius 1 is 1.10 bits per heavy atom. The fourth-order valence-corrected chi connectivity index (χ4v) is 2.57. The van der Waals surface area contributed by atoms with Gasteiger partial charge in [0.25, 0.3) is 0 Å². The van der Waals surface area contributed by atoms with E-state index in [1.54, 1.807) is 30.3 Å². The zero-order valence-electron chi connectivity index (χ0n) is 11.1. The summed E-state index contributed by atoms with van der Waals surface area (Å²) in [5.41, 5.74) is 7.57. The second kappa shape index (κ2) is 5.87. The quantitative estimate of drug-likeness (QED) is 0.641. The van der Waals surface area contributed by atoms with Gasteiger partial charge >= 0.3 is 0 Å². The highest BCUT2D eigenvalue weighted by atomic mass is 79.9. The summed E-state index contributed by atoms with van der Waals surface area (Å²) in [5, 5.41) is 0. The molecule has 0 spiro atoms. The number of nitrogens with two attached hydrogens (primary N) is 1. The Balaban J connectivity index is 2.25. The van der Waals surface area contributed by atoms with Gasteiger partial charge < -0.3 is 5.73 Å². The fourth-order valence-electron chi connectivity index (χ4n) is 1.76. The molecule has 0 fully saturated rings. The molecular weight excluding hydrogens is 356 g/mol. The third-order valence-corrected chi connectivity index (χ3v) is 4.04. The number of carbonyl (C=O) groups excluding carboxylic acids is 1. The first kappa shape index (κ1) is 15.5. The van der Waals surface area contributed by atoms with Crippen LogP contribution < -0.4 is 10.5 Å². The second-order valence-electron chi connectivity index (χ2n) is 4.52. The summed E-state index contributed by atoms with van der Waals surface area (Å²) >= 11 is 3.27. The van der Waals surface area contributed by atoms with Crippen molar-refractivity contribution >= 4 is 43.1 Å². The van der Waals surface area contributed by atoms with Gasteiger partial charge in [-0.05, 0) is 58.4 Å². The van der Waals surface area contributed by atoms with Crippen LogP contribution in [0.3, 0.4) is 0 Å². The van der Waals surface area contributed by atoms with E-state index in [2.05, 4.69) is 20.7 Å². The van der Waals surface area contributed by atoms with E-state index in [1.807, 2.05) is 0 Å². The van der Waals surface area contributed by atoms with E-state index in [-0.39, 0.29) is 5.78 Å². The number of hydrogen-bond acceptors (Lipinski definition) is 4. The van der Waals surface area contributed by atoms with Gasteiger partial charge in [-0.1, -0.05) is 0 Å². The van der Waals surface area contributed by atoms with Crippen LogP contribution in [0.15, 0.2) is 46.9 Å². The van der Waals surface area contributed by atoms with Crippen molar-refractivity contribution in [2.75, 3.05) is 16.7 Å². The molecule has 0 saturated heterocycles. The topological polar surface area (TPSA) is 89.3 Å². The first-order valence-electron chi connectivity index (χ1n) is 5.94. The highest BCUT2D eigenvalue weighted by Gasteiger charge is 2.11. The molecule has 0 bridgehead atoms. The van der Waals surface area contributed by atoms with E-state index in [4.69, 9.17) is 5.73 Å². The van der Waals surface area contributed by atoms with Gasteiger partial charge in [0, 0.05) is 27.0 Å². The maximum absolute atomic E-state index is 12.3. The fraction of sp³-hybridized carbons (Fsp3) is 0.0714. The van der Waals surface area contributed by atoms with Crippen LogP contribution in [0.5, 0.6) is 0 Å². The summed E-state index contributed by atoms with van der Waals surface area (Å²) in [4.78, 5) is 12.3. The van der Waals surface area contributed by atoms with Gasteiger partial charge in [-0.25, -0.2) is 8.42 Å². The Labute approximate surface area is 131 Å². The molecule has 0 radical (unpaired) electrons. The van der Waals surface area contributed by atoms with Crippen molar-refractivity contribution in [2.45, 2.75) is 0 Å². The maximum atomic E-state index is 12.3. The van der Waals surface area contributed by atoms with Crippen LogP contribution in [0, 0.1) is 0 Å². The van der Waals surface area contributed by atoms with Gasteiger partial charge in [0.15, 0.2) is 5.78 Å². The van der Waals surface area contributed by atoms with E-state index in [0.29, 0.717) is 22.5 Å².